The lowest BCUT2D eigenvalue weighted by Gasteiger charge is -2.09. The highest BCUT2D eigenvalue weighted by atomic mass is 79.9. The maximum absolute atomic E-state index is 12.6. The second-order valence-corrected chi connectivity index (χ2v) is 8.39. The summed E-state index contributed by atoms with van der Waals surface area (Å²) in [6, 6.07) is 3.50. The van der Waals surface area contributed by atoms with Gasteiger partial charge in [0.1, 0.15) is 16.4 Å². The summed E-state index contributed by atoms with van der Waals surface area (Å²) in [4.78, 5) is 22.2. The summed E-state index contributed by atoms with van der Waals surface area (Å²) in [5.41, 5.74) is 1.85. The van der Waals surface area contributed by atoms with Crippen LogP contribution in [0.2, 0.25) is 0 Å². The molecule has 118 valence electrons. The number of phenols is 1. The first-order valence-electron chi connectivity index (χ1n) is 7.27. The van der Waals surface area contributed by atoms with Crippen molar-refractivity contribution in [3.63, 3.8) is 0 Å². The number of halogens is 2. The van der Waals surface area contributed by atoms with Crippen LogP contribution in [0.1, 0.15) is 23.3 Å². The van der Waals surface area contributed by atoms with Gasteiger partial charge in [0.15, 0.2) is 0 Å². The minimum atomic E-state index is -0.0790. The van der Waals surface area contributed by atoms with Crippen LogP contribution >= 0.6 is 43.2 Å². The first-order valence-corrected chi connectivity index (χ1v) is 9.68. The summed E-state index contributed by atoms with van der Waals surface area (Å²) < 4.78 is 1.10. The van der Waals surface area contributed by atoms with E-state index in [-0.39, 0.29) is 11.3 Å². The molecule has 0 amide bonds. The van der Waals surface area contributed by atoms with E-state index < -0.39 is 0 Å². The smallest absolute Gasteiger partial charge is 0.260 e. The highest BCUT2D eigenvalue weighted by Gasteiger charge is 2.20. The monoisotopic (exact) mass is 454 g/mol. The lowest BCUT2D eigenvalue weighted by atomic mass is 9.97. The average Bonchev–Trinajstić information content (AvgIpc) is 2.90. The van der Waals surface area contributed by atoms with E-state index in [1.54, 1.807) is 23.5 Å². The highest BCUT2D eigenvalue weighted by Crippen LogP contribution is 2.37. The normalized spacial score (nSPS) is 14.2. The molecule has 0 fully saturated rings. The van der Waals surface area contributed by atoms with Gasteiger partial charge in [-0.1, -0.05) is 0 Å². The molecule has 0 spiro atoms. The third kappa shape index (κ3) is 2.55. The van der Waals surface area contributed by atoms with E-state index in [0.29, 0.717) is 14.8 Å². The Morgan fingerprint density at radius 1 is 1.17 bits per heavy atom. The fourth-order valence-corrected chi connectivity index (χ4v) is 5.45. The van der Waals surface area contributed by atoms with Crippen molar-refractivity contribution < 1.29 is 5.11 Å². The molecule has 2 heterocycles. The molecule has 1 aromatic carbocycles. The Labute approximate surface area is 152 Å². The number of benzene rings is 1. The van der Waals surface area contributed by atoms with E-state index in [4.69, 9.17) is 0 Å². The van der Waals surface area contributed by atoms with Crippen LogP contribution in [0.3, 0.4) is 0 Å². The van der Waals surface area contributed by atoms with E-state index >= 15 is 0 Å². The van der Waals surface area contributed by atoms with Gasteiger partial charge in [-0.2, -0.15) is 0 Å². The quantitative estimate of drug-likeness (QED) is 0.555. The van der Waals surface area contributed by atoms with Crippen molar-refractivity contribution in [3.8, 4) is 17.1 Å². The summed E-state index contributed by atoms with van der Waals surface area (Å²) in [7, 11) is 0. The Bertz CT molecular complexity index is 971. The maximum atomic E-state index is 12.6. The molecular formula is C16H12Br2N2O2S. The maximum Gasteiger partial charge on any atom is 0.260 e. The Morgan fingerprint density at radius 3 is 2.61 bits per heavy atom. The minimum Gasteiger partial charge on any atom is -0.506 e. The zero-order valence-electron chi connectivity index (χ0n) is 11.9. The van der Waals surface area contributed by atoms with Crippen LogP contribution < -0.4 is 5.56 Å². The lowest BCUT2D eigenvalue weighted by Crippen LogP contribution is -2.11. The third-order valence-corrected chi connectivity index (χ3v) is 6.51. The van der Waals surface area contributed by atoms with Crippen molar-refractivity contribution in [1.82, 2.24) is 9.97 Å². The van der Waals surface area contributed by atoms with E-state index in [2.05, 4.69) is 41.8 Å². The van der Waals surface area contributed by atoms with Crippen LogP contribution in [0.15, 0.2) is 25.9 Å². The number of fused-ring (bicyclic) bond motifs is 3. The third-order valence-electron chi connectivity index (χ3n) is 4.12. The molecule has 2 aromatic heterocycles. The number of nitrogens with zero attached hydrogens (tertiary/aromatic N) is 1. The second-order valence-electron chi connectivity index (χ2n) is 5.59. The van der Waals surface area contributed by atoms with E-state index in [1.165, 1.54) is 16.9 Å². The highest BCUT2D eigenvalue weighted by molar-refractivity contribution is 9.11. The molecule has 4 rings (SSSR count). The van der Waals surface area contributed by atoms with Crippen LogP contribution in [0.5, 0.6) is 5.75 Å². The van der Waals surface area contributed by atoms with Gasteiger partial charge in [-0.25, -0.2) is 4.98 Å². The van der Waals surface area contributed by atoms with Crippen LogP contribution in [-0.2, 0) is 12.8 Å². The fourth-order valence-electron chi connectivity index (χ4n) is 3.00. The molecule has 1 aliphatic carbocycles. The Kier molecular flexibility index (Phi) is 3.82. The predicted octanol–water partition coefficient (Wildman–Crippen LogP) is 4.76. The van der Waals surface area contributed by atoms with E-state index in [0.717, 1.165) is 35.0 Å². The van der Waals surface area contributed by atoms with Crippen molar-refractivity contribution >= 4 is 53.4 Å². The van der Waals surface area contributed by atoms with Gasteiger partial charge < -0.3 is 10.1 Å². The fraction of sp³-hybridized carbons (Fsp3) is 0.250. The van der Waals surface area contributed by atoms with Gasteiger partial charge in [0.2, 0.25) is 0 Å². The molecule has 7 heteroatoms. The minimum absolute atomic E-state index is 0.0790. The number of hydrogen-bond acceptors (Lipinski definition) is 4. The van der Waals surface area contributed by atoms with Gasteiger partial charge in [-0.3, -0.25) is 4.79 Å². The summed E-state index contributed by atoms with van der Waals surface area (Å²) in [6.45, 7) is 0. The molecule has 0 atom stereocenters. The molecule has 3 aromatic rings. The van der Waals surface area contributed by atoms with Gasteiger partial charge >= 0.3 is 0 Å². The van der Waals surface area contributed by atoms with Gasteiger partial charge in [-0.15, -0.1) is 11.3 Å². The number of aromatic nitrogens is 2. The molecule has 23 heavy (non-hydrogen) atoms. The molecule has 0 bridgehead atoms. The largest absolute Gasteiger partial charge is 0.506 e. The molecule has 0 aliphatic heterocycles. The number of thiophene rings is 1. The second kappa shape index (κ2) is 5.72. The summed E-state index contributed by atoms with van der Waals surface area (Å²) in [5, 5.41) is 10.6. The number of nitrogens with one attached hydrogen (secondary N) is 1. The molecular weight excluding hydrogens is 444 g/mol. The Hall–Kier alpha value is -1.18. The SMILES string of the molecule is O=c1[nH]c(-c2cc(Br)c(O)c(Br)c2)nc2sc3c(c12)CCCC3. The van der Waals surface area contributed by atoms with Crippen molar-refractivity contribution in [2.75, 3.05) is 0 Å². The Morgan fingerprint density at radius 2 is 1.87 bits per heavy atom. The molecule has 0 saturated carbocycles. The molecule has 2 N–H and O–H groups in total. The average molecular weight is 456 g/mol. The zero-order chi connectivity index (χ0) is 16.1. The van der Waals surface area contributed by atoms with E-state index in [1.807, 2.05) is 0 Å². The number of phenolic OH excluding ortho intramolecular Hbond substituents is 1. The van der Waals surface area contributed by atoms with Crippen molar-refractivity contribution in [3.05, 3.63) is 41.9 Å². The van der Waals surface area contributed by atoms with Crippen LogP contribution in [0.25, 0.3) is 21.6 Å². The van der Waals surface area contributed by atoms with Gasteiger partial charge in [0.25, 0.3) is 5.56 Å². The number of rotatable bonds is 1. The molecule has 0 unspecified atom stereocenters. The zero-order valence-corrected chi connectivity index (χ0v) is 15.9. The predicted molar refractivity (Wildman–Crippen MR) is 99.4 cm³/mol. The number of hydrogen-bond donors (Lipinski definition) is 2. The first kappa shape index (κ1) is 15.4. The number of aryl methyl sites for hydroxylation is 2. The van der Waals surface area contributed by atoms with Crippen molar-refractivity contribution in [2.45, 2.75) is 25.7 Å². The van der Waals surface area contributed by atoms with Crippen molar-refractivity contribution in [1.29, 1.82) is 0 Å². The number of aromatic hydroxyl groups is 1. The van der Waals surface area contributed by atoms with Crippen LogP contribution in [-0.4, -0.2) is 15.1 Å². The number of H-pyrrole nitrogens is 1. The van der Waals surface area contributed by atoms with Gasteiger partial charge in [-0.05, 0) is 75.2 Å². The van der Waals surface area contributed by atoms with Crippen LogP contribution in [0, 0.1) is 0 Å². The topological polar surface area (TPSA) is 66.0 Å². The van der Waals surface area contributed by atoms with Gasteiger partial charge in [0.05, 0.1) is 14.3 Å². The summed E-state index contributed by atoms with van der Waals surface area (Å²) in [6.07, 6.45) is 4.33. The lowest BCUT2D eigenvalue weighted by molar-refractivity contribution is 0.468. The van der Waals surface area contributed by atoms with Crippen LogP contribution in [0.4, 0.5) is 0 Å². The Balaban J connectivity index is 1.94. The number of aromatic amines is 1. The van der Waals surface area contributed by atoms with Crippen molar-refractivity contribution in [2.24, 2.45) is 0 Å². The standard InChI is InChI=1S/C16H12Br2N2O2S/c17-9-5-7(6-10(18)13(9)21)14-19-15(22)12-8-3-1-2-4-11(8)23-16(12)20-14/h5-6,21H,1-4H2,(H,19,20,22). The van der Waals surface area contributed by atoms with Gasteiger partial charge in [0, 0.05) is 10.4 Å². The van der Waals surface area contributed by atoms with E-state index in [9.17, 15) is 9.90 Å². The summed E-state index contributed by atoms with van der Waals surface area (Å²) in [5.74, 6) is 0.645. The molecule has 4 nitrogen and oxygen atoms in total. The molecule has 0 saturated heterocycles. The summed E-state index contributed by atoms with van der Waals surface area (Å²) >= 11 is 8.25. The molecule has 0 radical (unpaired) electrons. The first-order chi connectivity index (χ1) is 11.0. The molecule has 1 aliphatic rings.